The first kappa shape index (κ1) is 21.5. The third kappa shape index (κ3) is 4.62. The Morgan fingerprint density at radius 3 is 2.77 bits per heavy atom. The number of carbonyl (C=O) groups is 1. The highest BCUT2D eigenvalue weighted by Crippen LogP contribution is 2.44. The summed E-state index contributed by atoms with van der Waals surface area (Å²) >= 11 is 1.57. The Hall–Kier alpha value is -2.78. The SMILES string of the molecule is CCCCC1CCC(C(=O)Oc2ccc3c(c2)OC(N)=C(C#N)C3c2cccs2)CC1. The number of nitrogens with two attached hydrogens (primary N) is 1. The summed E-state index contributed by atoms with van der Waals surface area (Å²) in [6, 6.07) is 11.5. The monoisotopic (exact) mass is 436 g/mol. The minimum absolute atomic E-state index is 0.0381. The lowest BCUT2D eigenvalue weighted by Gasteiger charge is -2.28. The molecule has 0 radical (unpaired) electrons. The van der Waals surface area contributed by atoms with E-state index in [2.05, 4.69) is 13.0 Å². The second-order valence-electron chi connectivity index (χ2n) is 8.42. The fraction of sp³-hybridized carbons (Fsp3) is 0.440. The first-order valence-electron chi connectivity index (χ1n) is 11.1. The van der Waals surface area contributed by atoms with Crippen LogP contribution in [0.3, 0.4) is 0 Å². The molecule has 2 aromatic rings. The van der Waals surface area contributed by atoms with Gasteiger partial charge in [0.05, 0.1) is 11.8 Å². The summed E-state index contributed by atoms with van der Waals surface area (Å²) in [4.78, 5) is 13.8. The van der Waals surface area contributed by atoms with Crippen molar-refractivity contribution in [2.45, 2.75) is 57.8 Å². The van der Waals surface area contributed by atoms with Crippen LogP contribution < -0.4 is 15.2 Å². The predicted molar refractivity (Wildman–Crippen MR) is 121 cm³/mol. The number of esters is 1. The quantitative estimate of drug-likeness (QED) is 0.452. The number of hydrogen-bond acceptors (Lipinski definition) is 6. The lowest BCUT2D eigenvalue weighted by atomic mass is 9.80. The molecule has 0 bridgehead atoms. The van der Waals surface area contributed by atoms with Gasteiger partial charge in [0.1, 0.15) is 23.1 Å². The molecule has 5 nitrogen and oxygen atoms in total. The zero-order valence-corrected chi connectivity index (χ0v) is 18.6. The Morgan fingerprint density at radius 1 is 1.29 bits per heavy atom. The van der Waals surface area contributed by atoms with Crippen LogP contribution in [-0.2, 0) is 4.79 Å². The van der Waals surface area contributed by atoms with Gasteiger partial charge in [0, 0.05) is 16.5 Å². The maximum absolute atomic E-state index is 12.7. The van der Waals surface area contributed by atoms with Crippen LogP contribution in [0.5, 0.6) is 11.5 Å². The molecule has 2 N–H and O–H groups in total. The van der Waals surface area contributed by atoms with Crippen molar-refractivity contribution >= 4 is 17.3 Å². The van der Waals surface area contributed by atoms with E-state index in [9.17, 15) is 10.1 Å². The molecule has 2 aliphatic rings. The molecule has 1 unspecified atom stereocenters. The Labute approximate surface area is 187 Å². The van der Waals surface area contributed by atoms with Gasteiger partial charge in [-0.3, -0.25) is 4.79 Å². The molecule has 0 saturated heterocycles. The van der Waals surface area contributed by atoms with Gasteiger partial charge in [0.15, 0.2) is 0 Å². The Kier molecular flexibility index (Phi) is 6.62. The minimum atomic E-state index is -0.267. The summed E-state index contributed by atoms with van der Waals surface area (Å²) in [6.45, 7) is 2.22. The molecule has 0 amide bonds. The molecule has 1 aromatic heterocycles. The fourth-order valence-corrected chi connectivity index (χ4v) is 5.48. The second-order valence-corrected chi connectivity index (χ2v) is 9.40. The van der Waals surface area contributed by atoms with E-state index in [0.29, 0.717) is 17.1 Å². The van der Waals surface area contributed by atoms with Crippen LogP contribution in [0.2, 0.25) is 0 Å². The number of thiophene rings is 1. The molecular weight excluding hydrogens is 408 g/mol. The van der Waals surface area contributed by atoms with Crippen LogP contribution in [0, 0.1) is 23.2 Å². The summed E-state index contributed by atoms with van der Waals surface area (Å²) in [6.07, 6.45) is 7.78. The predicted octanol–water partition coefficient (Wildman–Crippen LogP) is 5.87. The van der Waals surface area contributed by atoms with E-state index in [1.165, 1.54) is 19.3 Å². The van der Waals surface area contributed by atoms with E-state index in [1.54, 1.807) is 23.5 Å². The van der Waals surface area contributed by atoms with E-state index in [-0.39, 0.29) is 23.7 Å². The van der Waals surface area contributed by atoms with Gasteiger partial charge >= 0.3 is 5.97 Å². The lowest BCUT2D eigenvalue weighted by Crippen LogP contribution is -2.26. The number of carbonyl (C=O) groups excluding carboxylic acids is 1. The van der Waals surface area contributed by atoms with Crippen LogP contribution in [0.25, 0.3) is 0 Å². The smallest absolute Gasteiger partial charge is 0.314 e. The minimum Gasteiger partial charge on any atom is -0.440 e. The van der Waals surface area contributed by atoms with Crippen molar-refractivity contribution in [2.24, 2.45) is 17.6 Å². The van der Waals surface area contributed by atoms with Gasteiger partial charge in [-0.05, 0) is 49.1 Å². The van der Waals surface area contributed by atoms with E-state index >= 15 is 0 Å². The van der Waals surface area contributed by atoms with Crippen molar-refractivity contribution in [1.29, 1.82) is 5.26 Å². The lowest BCUT2D eigenvalue weighted by molar-refractivity contribution is -0.140. The molecule has 1 aliphatic heterocycles. The van der Waals surface area contributed by atoms with Crippen molar-refractivity contribution in [3.05, 3.63) is 57.6 Å². The second kappa shape index (κ2) is 9.57. The van der Waals surface area contributed by atoms with E-state index in [4.69, 9.17) is 15.2 Å². The molecule has 4 rings (SSSR count). The standard InChI is InChI=1S/C25H28N2O3S/c1-2-3-5-16-7-9-17(10-8-16)25(28)29-18-11-12-19-21(14-18)30-24(27)20(15-26)23(19)22-6-4-13-31-22/h4,6,11-14,16-17,23H,2-3,5,7-10,27H2,1H3. The summed E-state index contributed by atoms with van der Waals surface area (Å²) in [5, 5.41) is 11.6. The van der Waals surface area contributed by atoms with Gasteiger partial charge in [0.25, 0.3) is 0 Å². The first-order valence-corrected chi connectivity index (χ1v) is 11.9. The number of allylic oxidation sites excluding steroid dienone is 1. The fourth-order valence-electron chi connectivity index (χ4n) is 4.63. The topological polar surface area (TPSA) is 85.3 Å². The maximum Gasteiger partial charge on any atom is 0.314 e. The Balaban J connectivity index is 1.47. The molecule has 1 fully saturated rings. The molecule has 1 saturated carbocycles. The Bertz CT molecular complexity index is 998. The third-order valence-electron chi connectivity index (χ3n) is 6.38. The van der Waals surface area contributed by atoms with Gasteiger partial charge in [-0.25, -0.2) is 0 Å². The molecular formula is C25H28N2O3S. The Morgan fingerprint density at radius 2 is 2.10 bits per heavy atom. The number of ether oxygens (including phenoxy) is 2. The molecule has 162 valence electrons. The van der Waals surface area contributed by atoms with Gasteiger partial charge < -0.3 is 15.2 Å². The highest BCUT2D eigenvalue weighted by molar-refractivity contribution is 7.10. The zero-order valence-electron chi connectivity index (χ0n) is 17.8. The molecule has 6 heteroatoms. The van der Waals surface area contributed by atoms with Crippen LogP contribution in [-0.4, -0.2) is 5.97 Å². The highest BCUT2D eigenvalue weighted by Gasteiger charge is 2.32. The van der Waals surface area contributed by atoms with Gasteiger partial charge in [0.2, 0.25) is 5.88 Å². The average molecular weight is 437 g/mol. The maximum atomic E-state index is 12.7. The third-order valence-corrected chi connectivity index (χ3v) is 7.32. The molecule has 2 heterocycles. The van der Waals surface area contributed by atoms with Gasteiger partial charge in [-0.2, -0.15) is 5.26 Å². The van der Waals surface area contributed by atoms with E-state index < -0.39 is 0 Å². The van der Waals surface area contributed by atoms with Crippen LogP contribution in [0.15, 0.2) is 47.2 Å². The van der Waals surface area contributed by atoms with Crippen molar-refractivity contribution in [3.63, 3.8) is 0 Å². The van der Waals surface area contributed by atoms with E-state index in [1.807, 2.05) is 23.6 Å². The molecule has 1 aromatic carbocycles. The van der Waals surface area contributed by atoms with Gasteiger partial charge in [-0.15, -0.1) is 11.3 Å². The van der Waals surface area contributed by atoms with Crippen molar-refractivity contribution in [2.75, 3.05) is 0 Å². The highest BCUT2D eigenvalue weighted by atomic mass is 32.1. The number of nitrogens with zero attached hydrogens (tertiary/aromatic N) is 1. The number of fused-ring (bicyclic) bond motifs is 1. The van der Waals surface area contributed by atoms with Crippen molar-refractivity contribution in [1.82, 2.24) is 0 Å². The van der Waals surface area contributed by atoms with Gasteiger partial charge in [-0.1, -0.05) is 38.3 Å². The molecule has 0 spiro atoms. The summed E-state index contributed by atoms with van der Waals surface area (Å²) < 4.78 is 11.4. The number of rotatable bonds is 6. The number of benzene rings is 1. The van der Waals surface area contributed by atoms with Crippen LogP contribution in [0.4, 0.5) is 0 Å². The molecule has 31 heavy (non-hydrogen) atoms. The molecule has 1 aliphatic carbocycles. The number of nitriles is 1. The molecule has 1 atom stereocenters. The zero-order chi connectivity index (χ0) is 21.8. The summed E-state index contributed by atoms with van der Waals surface area (Å²) in [5.74, 6) is 1.36. The van der Waals surface area contributed by atoms with Crippen molar-refractivity contribution in [3.8, 4) is 17.6 Å². The van der Waals surface area contributed by atoms with Crippen molar-refractivity contribution < 1.29 is 14.3 Å². The summed E-state index contributed by atoms with van der Waals surface area (Å²) in [7, 11) is 0. The summed E-state index contributed by atoms with van der Waals surface area (Å²) in [5.41, 5.74) is 7.30. The number of unbranched alkanes of at least 4 members (excludes halogenated alkanes) is 1. The average Bonchev–Trinajstić information content (AvgIpc) is 3.31. The van der Waals surface area contributed by atoms with E-state index in [0.717, 1.165) is 42.0 Å². The largest absolute Gasteiger partial charge is 0.440 e. The number of hydrogen-bond donors (Lipinski definition) is 1. The van der Waals surface area contributed by atoms with Crippen LogP contribution >= 0.6 is 11.3 Å². The normalized spacial score (nSPS) is 22.9. The first-order chi connectivity index (χ1) is 15.1. The van der Waals surface area contributed by atoms with Crippen LogP contribution in [0.1, 0.15) is 68.2 Å².